The van der Waals surface area contributed by atoms with Crippen LogP contribution in [0.15, 0.2) is 60.7 Å². The van der Waals surface area contributed by atoms with E-state index >= 15 is 14.2 Å². The summed E-state index contributed by atoms with van der Waals surface area (Å²) < 4.78 is 72.9. The Hall–Kier alpha value is -5.60. The van der Waals surface area contributed by atoms with Gasteiger partial charge in [0.15, 0.2) is 12.4 Å². The van der Waals surface area contributed by atoms with Crippen molar-refractivity contribution in [2.24, 2.45) is 5.73 Å². The van der Waals surface area contributed by atoms with Crippen LogP contribution >= 0.6 is 7.82 Å². The van der Waals surface area contributed by atoms with E-state index in [1.807, 2.05) is 0 Å². The third kappa shape index (κ3) is 52.8. The lowest BCUT2D eigenvalue weighted by Gasteiger charge is -2.45. The fraction of sp³-hybridized carbons (Fsp3) is 0.796. The highest BCUT2D eigenvalue weighted by atomic mass is 31.2. The van der Waals surface area contributed by atoms with Gasteiger partial charge in [0.2, 0.25) is 17.7 Å². The highest BCUT2D eigenvalue weighted by molar-refractivity contribution is 7.49. The van der Waals surface area contributed by atoms with Crippen molar-refractivity contribution in [1.82, 2.24) is 10.6 Å². The number of nitrogens with one attached hydrogen (secondary N) is 2. The summed E-state index contributed by atoms with van der Waals surface area (Å²) >= 11 is 0. The molecule has 5 N–H and O–H groups in total. The first-order valence-corrected chi connectivity index (χ1v) is 47.8. The Morgan fingerprint density at radius 1 is 0.409 bits per heavy atom. The van der Waals surface area contributed by atoms with Crippen molar-refractivity contribution >= 4 is 49.4 Å². The fourth-order valence-electron chi connectivity index (χ4n) is 14.8. The number of nitrogens with two attached hydrogens (primary N) is 1. The molecule has 2 aromatic carbocycles. The molecular weight excluding hydrogens is 1480 g/mol. The number of hydrogen-bond acceptors (Lipinski definition) is 18. The van der Waals surface area contributed by atoms with Crippen LogP contribution in [-0.2, 0) is 71.1 Å². The van der Waals surface area contributed by atoms with E-state index in [2.05, 4.69) is 52.2 Å². The van der Waals surface area contributed by atoms with Gasteiger partial charge < -0.3 is 58.9 Å². The quantitative estimate of drug-likeness (QED) is 0.0207. The first-order chi connectivity index (χ1) is 56.0. The van der Waals surface area contributed by atoms with Gasteiger partial charge in [0, 0.05) is 19.3 Å². The third-order valence-corrected chi connectivity index (χ3v) is 23.0. The summed E-state index contributed by atoms with van der Waals surface area (Å²) in [6.45, 7) is 11.4. The Labute approximate surface area is 695 Å². The molecule has 1 saturated heterocycles. The maximum Gasteiger partial charge on any atom is 0.588 e. The highest BCUT2D eigenvalue weighted by Crippen LogP contribution is 2.52. The zero-order valence-corrected chi connectivity index (χ0v) is 73.5. The average Bonchev–Trinajstić information content (AvgIpc) is 0.772. The second-order valence-electron chi connectivity index (χ2n) is 32.4. The highest BCUT2D eigenvalue weighted by Gasteiger charge is 2.54. The Kier molecular flexibility index (Phi) is 62.4. The maximum atomic E-state index is 15.8. The van der Waals surface area contributed by atoms with E-state index in [0.717, 1.165) is 212 Å². The lowest BCUT2D eigenvalue weighted by Crippen LogP contribution is -2.67. The Morgan fingerprint density at radius 2 is 0.722 bits per heavy atom. The number of benzene rings is 2. The molecule has 0 unspecified atom stereocenters. The van der Waals surface area contributed by atoms with Crippen molar-refractivity contribution in [3.8, 4) is 11.5 Å². The standard InChI is InChI=1S/C93H160N3O18P/c1-7-13-19-25-31-34-40-43-51-65-78(107-85(100)68-58-46-37-28-22-16-10-4)71-83(98)95-81(92(94)104)75-106-93-89(96-84(99)72-79(66-52-44-41-35-32-26-20-14-8-2)108-86(101)69-59-47-38-29-23-17-11-5)91(90(82(74-97)110-93)114-115(105,112-76-61-54-49-55-62-76)113-77-63-56-50-57-64-77)111-88(103)73-80(67-53-45-42-36-33-27-21-15-9-3)109-87(102)70-60-48-39-30-24-18-12-6/h49-50,54-57,61-64,78-82,89-91,93,97H,7-48,51-53,58-60,65-75H2,1-6H3,(H2,94,104)(H,95,98)(H,96,99)/t78-,79-,80-,81+,82-,89-,90-,91-,93-/m1/s1. The van der Waals surface area contributed by atoms with Crippen LogP contribution < -0.4 is 25.4 Å². The van der Waals surface area contributed by atoms with E-state index in [4.69, 9.17) is 47.7 Å². The van der Waals surface area contributed by atoms with Gasteiger partial charge in [0.25, 0.3) is 0 Å². The van der Waals surface area contributed by atoms with Gasteiger partial charge in [0.05, 0.1) is 32.5 Å². The molecule has 3 rings (SSSR count). The Balaban J connectivity index is 2.24. The van der Waals surface area contributed by atoms with Gasteiger partial charge in [-0.15, -0.1) is 0 Å². The number of amides is 3. The van der Waals surface area contributed by atoms with Crippen LogP contribution in [-0.4, -0.2) is 115 Å². The fourth-order valence-corrected chi connectivity index (χ4v) is 16.2. The Morgan fingerprint density at radius 3 is 1.05 bits per heavy atom. The van der Waals surface area contributed by atoms with Crippen molar-refractivity contribution in [3.05, 3.63) is 60.7 Å². The number of rotatable bonds is 77. The third-order valence-electron chi connectivity index (χ3n) is 21.7. The molecule has 9 atom stereocenters. The molecule has 21 nitrogen and oxygen atoms in total. The molecule has 115 heavy (non-hydrogen) atoms. The number of ether oxygens (including phenoxy) is 6. The van der Waals surface area contributed by atoms with Crippen molar-refractivity contribution in [2.45, 2.75) is 463 Å². The largest absolute Gasteiger partial charge is 0.588 e. The molecule has 1 aliphatic rings. The number of para-hydroxylation sites is 2. The molecule has 1 fully saturated rings. The van der Waals surface area contributed by atoms with Gasteiger partial charge in [-0.25, -0.2) is 4.57 Å². The Bertz CT molecular complexity index is 2780. The van der Waals surface area contributed by atoms with Crippen molar-refractivity contribution in [1.29, 1.82) is 0 Å². The van der Waals surface area contributed by atoms with E-state index in [0.29, 0.717) is 57.8 Å². The lowest BCUT2D eigenvalue weighted by atomic mass is 9.95. The molecule has 2 aromatic rings. The number of phosphoric ester groups is 1. The number of hydrogen-bond donors (Lipinski definition) is 4. The molecule has 22 heteroatoms. The smallest absolute Gasteiger partial charge is 0.462 e. The average molecular weight is 1640 g/mol. The monoisotopic (exact) mass is 1640 g/mol. The van der Waals surface area contributed by atoms with Crippen LogP contribution in [0.5, 0.6) is 11.5 Å². The van der Waals surface area contributed by atoms with Crippen molar-refractivity contribution < 1.29 is 85.2 Å². The van der Waals surface area contributed by atoms with Crippen molar-refractivity contribution in [2.75, 3.05) is 13.2 Å². The number of carbonyl (C=O) groups is 7. The molecule has 3 amide bonds. The molecule has 0 spiro atoms. The number of phosphoric acid groups is 1. The molecule has 1 aliphatic heterocycles. The van der Waals surface area contributed by atoms with Gasteiger partial charge in [0.1, 0.15) is 54.1 Å². The number of unbranched alkanes of at least 4 members (excludes halogenated alkanes) is 42. The summed E-state index contributed by atoms with van der Waals surface area (Å²) in [7, 11) is -5.05. The topological polar surface area (TPSA) is 290 Å². The molecule has 0 saturated carbocycles. The number of aliphatic hydroxyl groups is 1. The summed E-state index contributed by atoms with van der Waals surface area (Å²) in [5, 5.41) is 17.3. The number of carbonyl (C=O) groups excluding carboxylic acids is 7. The minimum Gasteiger partial charge on any atom is -0.462 e. The van der Waals surface area contributed by atoms with E-state index < -0.39 is 124 Å². The molecule has 660 valence electrons. The lowest BCUT2D eigenvalue weighted by molar-refractivity contribution is -0.271. The van der Waals surface area contributed by atoms with Gasteiger partial charge in [-0.1, -0.05) is 348 Å². The van der Waals surface area contributed by atoms with Gasteiger partial charge in [-0.3, -0.25) is 38.1 Å². The minimum absolute atomic E-state index is 0.0480. The summed E-state index contributed by atoms with van der Waals surface area (Å²) in [5.41, 5.74) is 6.13. The number of esters is 4. The summed E-state index contributed by atoms with van der Waals surface area (Å²) in [6.07, 6.45) is 39.5. The minimum atomic E-state index is -5.05. The van der Waals surface area contributed by atoms with Crippen LogP contribution in [0.4, 0.5) is 0 Å². The zero-order chi connectivity index (χ0) is 83.5. The first kappa shape index (κ1) is 104. The maximum absolute atomic E-state index is 15.8. The SMILES string of the molecule is CCCCCCCCCCC[C@H](CC(=O)N[C@H]1[C@H](OC[C@H](NC(=O)C[C@@H](CCCCCCCCCCC)OC(=O)CCCCCCCCC)C(N)=O)O[C@H](CO)[C@@H](OP(=O)(Oc2ccccc2)Oc2ccccc2)[C@@H]1OC(=O)C[C@@H](CCCCCCCCCCC)OC(=O)CCCCCCCCC)OC(=O)CCCCCCCCC. The normalized spacial score (nSPS) is 16.6. The predicted molar refractivity (Wildman–Crippen MR) is 458 cm³/mol. The van der Waals surface area contributed by atoms with Gasteiger partial charge in [-0.05, 0) is 82.1 Å². The van der Waals surface area contributed by atoms with Crippen LogP contribution in [0.3, 0.4) is 0 Å². The van der Waals surface area contributed by atoms with Crippen LogP contribution in [0.25, 0.3) is 0 Å². The van der Waals surface area contributed by atoms with E-state index in [1.165, 1.54) is 82.1 Å². The van der Waals surface area contributed by atoms with E-state index in [9.17, 15) is 29.1 Å². The van der Waals surface area contributed by atoms with Gasteiger partial charge >= 0.3 is 31.7 Å². The molecule has 1 heterocycles. The second kappa shape index (κ2) is 69.2. The number of primary amides is 1. The molecule has 0 aromatic heterocycles. The molecule has 0 bridgehead atoms. The van der Waals surface area contributed by atoms with E-state index in [-0.39, 0.29) is 43.6 Å². The second-order valence-corrected chi connectivity index (χ2v) is 33.8. The first-order valence-electron chi connectivity index (χ1n) is 46.3. The predicted octanol–water partition coefficient (Wildman–Crippen LogP) is 22.8. The van der Waals surface area contributed by atoms with Gasteiger partial charge in [-0.2, -0.15) is 0 Å². The molecule has 0 aliphatic carbocycles. The molecular formula is C93H160N3O18P. The van der Waals surface area contributed by atoms with Crippen LogP contribution in [0.2, 0.25) is 0 Å². The van der Waals surface area contributed by atoms with Crippen LogP contribution in [0, 0.1) is 0 Å². The van der Waals surface area contributed by atoms with Crippen LogP contribution in [0.1, 0.15) is 408 Å². The van der Waals surface area contributed by atoms with Crippen molar-refractivity contribution in [3.63, 3.8) is 0 Å². The molecule has 0 radical (unpaired) electrons. The zero-order valence-electron chi connectivity index (χ0n) is 72.6. The number of aliphatic hydroxyl groups excluding tert-OH is 1. The van der Waals surface area contributed by atoms with E-state index in [1.54, 1.807) is 36.4 Å². The summed E-state index contributed by atoms with van der Waals surface area (Å²) in [4.78, 5) is 100. The summed E-state index contributed by atoms with van der Waals surface area (Å²) in [6, 6.07) is 12.9. The summed E-state index contributed by atoms with van der Waals surface area (Å²) in [5.74, 6) is -4.56.